The lowest BCUT2D eigenvalue weighted by Crippen LogP contribution is -2.22. The van der Waals surface area contributed by atoms with Crippen LogP contribution in [0, 0.1) is 0 Å². The number of nitrogens with zero attached hydrogens (tertiary/aromatic N) is 1. The van der Waals surface area contributed by atoms with Crippen LogP contribution in [0.25, 0.3) is 10.8 Å². The van der Waals surface area contributed by atoms with Crippen LogP contribution in [0.2, 0.25) is 0 Å². The second kappa shape index (κ2) is 6.24. The van der Waals surface area contributed by atoms with E-state index in [0.29, 0.717) is 0 Å². The third-order valence-corrected chi connectivity index (χ3v) is 4.39. The van der Waals surface area contributed by atoms with E-state index in [-0.39, 0.29) is 6.04 Å². The Hall–Kier alpha value is -1.91. The van der Waals surface area contributed by atoms with E-state index >= 15 is 0 Å². The van der Waals surface area contributed by atoms with Crippen LogP contribution < -0.4 is 10.1 Å². The van der Waals surface area contributed by atoms with Crippen molar-refractivity contribution in [3.63, 3.8) is 0 Å². The van der Waals surface area contributed by atoms with Crippen LogP contribution in [0.15, 0.2) is 48.0 Å². The van der Waals surface area contributed by atoms with Gasteiger partial charge in [-0.25, -0.2) is 4.98 Å². The van der Waals surface area contributed by atoms with Gasteiger partial charge in [-0.15, -0.1) is 11.3 Å². The molecule has 1 atom stereocenters. The van der Waals surface area contributed by atoms with Crippen molar-refractivity contribution in [1.82, 2.24) is 10.3 Å². The first-order valence-electron chi connectivity index (χ1n) is 7.03. The molecule has 4 heteroatoms. The molecule has 0 saturated carbocycles. The number of rotatable bonds is 5. The zero-order chi connectivity index (χ0) is 14.7. The molecule has 0 bridgehead atoms. The lowest BCUT2D eigenvalue weighted by atomic mass is 9.97. The zero-order valence-corrected chi connectivity index (χ0v) is 13.0. The fourth-order valence-corrected chi connectivity index (χ4v) is 3.37. The number of hydrogen-bond acceptors (Lipinski definition) is 4. The molecule has 1 aromatic heterocycles. The standard InChI is InChI=1S/C17H18N2OS/c1-3-18-16(17-19-10-11-21-17)15-13-7-5-4-6-12(13)8-9-14(15)20-2/h4-11,16,18H,3H2,1-2H3. The molecule has 0 saturated heterocycles. The molecule has 1 unspecified atom stereocenters. The number of benzene rings is 2. The number of methoxy groups -OCH3 is 1. The summed E-state index contributed by atoms with van der Waals surface area (Å²) < 4.78 is 5.62. The molecule has 0 amide bonds. The van der Waals surface area contributed by atoms with E-state index in [4.69, 9.17) is 4.74 Å². The van der Waals surface area contributed by atoms with E-state index in [0.717, 1.165) is 22.9 Å². The van der Waals surface area contributed by atoms with Crippen LogP contribution in [0.3, 0.4) is 0 Å². The molecule has 1 N–H and O–H groups in total. The van der Waals surface area contributed by atoms with Crippen LogP contribution in [0.1, 0.15) is 23.5 Å². The summed E-state index contributed by atoms with van der Waals surface area (Å²) in [4.78, 5) is 4.49. The van der Waals surface area contributed by atoms with Gasteiger partial charge in [0.1, 0.15) is 10.8 Å². The summed E-state index contributed by atoms with van der Waals surface area (Å²) in [5.74, 6) is 0.898. The van der Waals surface area contributed by atoms with E-state index in [2.05, 4.69) is 47.6 Å². The van der Waals surface area contributed by atoms with Crippen LogP contribution in [0.5, 0.6) is 5.75 Å². The third-order valence-electron chi connectivity index (χ3n) is 3.55. The Morgan fingerprint density at radius 2 is 2.10 bits per heavy atom. The van der Waals surface area contributed by atoms with Gasteiger partial charge in [-0.05, 0) is 23.4 Å². The van der Waals surface area contributed by atoms with Gasteiger partial charge in [0.25, 0.3) is 0 Å². The summed E-state index contributed by atoms with van der Waals surface area (Å²) >= 11 is 1.66. The fourth-order valence-electron chi connectivity index (χ4n) is 2.65. The van der Waals surface area contributed by atoms with Crippen molar-refractivity contribution in [1.29, 1.82) is 0 Å². The average Bonchev–Trinajstić information content (AvgIpc) is 3.06. The summed E-state index contributed by atoms with van der Waals surface area (Å²) in [6.07, 6.45) is 1.85. The minimum Gasteiger partial charge on any atom is -0.496 e. The van der Waals surface area contributed by atoms with Gasteiger partial charge < -0.3 is 10.1 Å². The summed E-state index contributed by atoms with van der Waals surface area (Å²) in [6.45, 7) is 2.98. The SMILES string of the molecule is CCNC(c1nccs1)c1c(OC)ccc2ccccc12. The maximum atomic E-state index is 5.62. The first kappa shape index (κ1) is 14.0. The highest BCUT2D eigenvalue weighted by Gasteiger charge is 2.22. The monoisotopic (exact) mass is 298 g/mol. The van der Waals surface area contributed by atoms with Crippen molar-refractivity contribution in [2.24, 2.45) is 0 Å². The molecule has 0 spiro atoms. The van der Waals surface area contributed by atoms with Crippen molar-refractivity contribution in [2.45, 2.75) is 13.0 Å². The molecule has 3 rings (SSSR count). The van der Waals surface area contributed by atoms with Gasteiger partial charge in [0.05, 0.1) is 13.2 Å². The van der Waals surface area contributed by atoms with Crippen molar-refractivity contribution in [3.05, 3.63) is 58.5 Å². The highest BCUT2D eigenvalue weighted by Crippen LogP contribution is 2.36. The topological polar surface area (TPSA) is 34.2 Å². The number of aromatic nitrogens is 1. The van der Waals surface area contributed by atoms with Gasteiger partial charge in [0.2, 0.25) is 0 Å². The summed E-state index contributed by atoms with van der Waals surface area (Å²) in [5.41, 5.74) is 1.16. The van der Waals surface area contributed by atoms with E-state index in [9.17, 15) is 0 Å². The van der Waals surface area contributed by atoms with Crippen molar-refractivity contribution >= 4 is 22.1 Å². The Morgan fingerprint density at radius 3 is 2.81 bits per heavy atom. The lowest BCUT2D eigenvalue weighted by molar-refractivity contribution is 0.405. The molecule has 3 nitrogen and oxygen atoms in total. The summed E-state index contributed by atoms with van der Waals surface area (Å²) in [7, 11) is 1.72. The second-order valence-corrected chi connectivity index (χ2v) is 5.69. The molecular weight excluding hydrogens is 280 g/mol. The van der Waals surface area contributed by atoms with Crippen molar-refractivity contribution in [3.8, 4) is 5.75 Å². The van der Waals surface area contributed by atoms with E-state index in [1.54, 1.807) is 18.4 Å². The van der Waals surface area contributed by atoms with Crippen LogP contribution in [0.4, 0.5) is 0 Å². The van der Waals surface area contributed by atoms with E-state index in [1.807, 2.05) is 17.6 Å². The molecule has 0 aliphatic carbocycles. The van der Waals surface area contributed by atoms with Crippen molar-refractivity contribution in [2.75, 3.05) is 13.7 Å². The normalized spacial score (nSPS) is 12.5. The molecule has 0 fully saturated rings. The molecule has 1 heterocycles. The Labute approximate surface area is 128 Å². The smallest absolute Gasteiger partial charge is 0.124 e. The van der Waals surface area contributed by atoms with Crippen LogP contribution >= 0.6 is 11.3 Å². The molecule has 0 aliphatic heterocycles. The largest absolute Gasteiger partial charge is 0.496 e. The average molecular weight is 298 g/mol. The van der Waals surface area contributed by atoms with Crippen molar-refractivity contribution < 1.29 is 4.74 Å². The molecule has 0 radical (unpaired) electrons. The fraction of sp³-hybridized carbons (Fsp3) is 0.235. The van der Waals surface area contributed by atoms with Gasteiger partial charge in [-0.1, -0.05) is 37.3 Å². The Kier molecular flexibility index (Phi) is 4.18. The minimum atomic E-state index is 0.0519. The number of fused-ring (bicyclic) bond motifs is 1. The van der Waals surface area contributed by atoms with Gasteiger partial charge in [-0.3, -0.25) is 0 Å². The minimum absolute atomic E-state index is 0.0519. The number of nitrogens with one attached hydrogen (secondary N) is 1. The number of thiazole rings is 1. The quantitative estimate of drug-likeness (QED) is 0.773. The van der Waals surface area contributed by atoms with Gasteiger partial charge >= 0.3 is 0 Å². The molecule has 108 valence electrons. The van der Waals surface area contributed by atoms with Gasteiger partial charge in [0, 0.05) is 17.1 Å². The number of ether oxygens (including phenoxy) is 1. The predicted molar refractivity (Wildman–Crippen MR) is 88.1 cm³/mol. The molecule has 21 heavy (non-hydrogen) atoms. The van der Waals surface area contributed by atoms with Gasteiger partial charge in [0.15, 0.2) is 0 Å². The highest BCUT2D eigenvalue weighted by molar-refractivity contribution is 7.09. The van der Waals surface area contributed by atoms with Gasteiger partial charge in [-0.2, -0.15) is 0 Å². The third kappa shape index (κ3) is 2.64. The summed E-state index contributed by atoms with van der Waals surface area (Å²) in [6, 6.07) is 12.6. The maximum Gasteiger partial charge on any atom is 0.124 e. The predicted octanol–water partition coefficient (Wildman–Crippen LogP) is 4.00. The van der Waals surface area contributed by atoms with E-state index in [1.165, 1.54) is 10.8 Å². The maximum absolute atomic E-state index is 5.62. The highest BCUT2D eigenvalue weighted by atomic mass is 32.1. The zero-order valence-electron chi connectivity index (χ0n) is 12.2. The Morgan fingerprint density at radius 1 is 1.24 bits per heavy atom. The van der Waals surface area contributed by atoms with Crippen LogP contribution in [-0.4, -0.2) is 18.6 Å². The summed E-state index contributed by atoms with van der Waals surface area (Å²) in [5, 5.41) is 9.03. The first-order valence-corrected chi connectivity index (χ1v) is 7.91. The second-order valence-electron chi connectivity index (χ2n) is 4.76. The molecule has 2 aromatic carbocycles. The molecule has 3 aromatic rings. The first-order chi connectivity index (χ1) is 10.3. The number of hydrogen-bond donors (Lipinski definition) is 1. The van der Waals surface area contributed by atoms with Crippen LogP contribution in [-0.2, 0) is 0 Å². The lowest BCUT2D eigenvalue weighted by Gasteiger charge is -2.21. The Bertz CT molecular complexity index is 725. The molecular formula is C17H18N2OS. The molecule has 0 aliphatic rings. The van der Waals surface area contributed by atoms with E-state index < -0.39 is 0 Å². The Balaban J connectivity index is 2.24.